The van der Waals surface area contributed by atoms with E-state index < -0.39 is 10.0 Å². The number of pyridine rings is 1. The lowest BCUT2D eigenvalue weighted by Gasteiger charge is -2.34. The van der Waals surface area contributed by atoms with E-state index in [-0.39, 0.29) is 24.0 Å². The highest BCUT2D eigenvalue weighted by molar-refractivity contribution is 7.89. The van der Waals surface area contributed by atoms with Gasteiger partial charge in [-0.15, -0.1) is 0 Å². The van der Waals surface area contributed by atoms with Gasteiger partial charge in [-0.2, -0.15) is 0 Å². The van der Waals surface area contributed by atoms with Crippen molar-refractivity contribution in [1.29, 1.82) is 0 Å². The summed E-state index contributed by atoms with van der Waals surface area (Å²) < 4.78 is 32.2. The molecule has 0 bridgehead atoms. The van der Waals surface area contributed by atoms with E-state index in [0.29, 0.717) is 17.7 Å². The van der Waals surface area contributed by atoms with E-state index >= 15 is 0 Å². The summed E-state index contributed by atoms with van der Waals surface area (Å²) in [6.07, 6.45) is 1.77. The Morgan fingerprint density at radius 3 is 2.55 bits per heavy atom. The smallest absolute Gasteiger partial charge is 0.251 e. The SMILES string of the molecule is CCN1CCN(c2ccc(CNC(=O)c3cc(S(=O)(=O)NCCOC)ccc3C)cn2)CC1. The number of anilines is 1. The molecule has 3 rings (SSSR count). The fourth-order valence-corrected chi connectivity index (χ4v) is 4.69. The van der Waals surface area contributed by atoms with Crippen LogP contribution >= 0.6 is 0 Å². The van der Waals surface area contributed by atoms with Crippen LogP contribution in [0.15, 0.2) is 41.4 Å². The summed E-state index contributed by atoms with van der Waals surface area (Å²) in [7, 11) is -2.22. The summed E-state index contributed by atoms with van der Waals surface area (Å²) in [5.74, 6) is 0.608. The van der Waals surface area contributed by atoms with Crippen LogP contribution in [0.25, 0.3) is 0 Å². The average molecular weight is 476 g/mol. The quantitative estimate of drug-likeness (QED) is 0.501. The minimum atomic E-state index is -3.72. The van der Waals surface area contributed by atoms with Gasteiger partial charge in [-0.1, -0.05) is 19.1 Å². The Bertz CT molecular complexity index is 1040. The first kappa shape index (κ1) is 25.1. The second kappa shape index (κ2) is 11.6. The molecule has 0 aliphatic carbocycles. The largest absolute Gasteiger partial charge is 0.383 e. The van der Waals surface area contributed by atoms with Gasteiger partial charge < -0.3 is 19.9 Å². The van der Waals surface area contributed by atoms with Crippen molar-refractivity contribution >= 4 is 21.7 Å². The molecular formula is C23H33N5O4S. The third kappa shape index (κ3) is 6.73. The molecule has 1 fully saturated rings. The number of carbonyl (C=O) groups excluding carboxylic acids is 1. The number of hydrogen-bond acceptors (Lipinski definition) is 7. The normalized spacial score (nSPS) is 14.9. The third-order valence-corrected chi connectivity index (χ3v) is 7.23. The van der Waals surface area contributed by atoms with Crippen molar-refractivity contribution in [2.45, 2.75) is 25.3 Å². The van der Waals surface area contributed by atoms with Crippen LogP contribution in [0.2, 0.25) is 0 Å². The summed E-state index contributed by atoms with van der Waals surface area (Å²) in [6.45, 7) is 9.72. The summed E-state index contributed by atoms with van der Waals surface area (Å²) >= 11 is 0. The van der Waals surface area contributed by atoms with Crippen LogP contribution in [0.4, 0.5) is 5.82 Å². The number of methoxy groups -OCH3 is 1. The minimum Gasteiger partial charge on any atom is -0.383 e. The number of ether oxygens (including phenoxy) is 1. The predicted molar refractivity (Wildman–Crippen MR) is 128 cm³/mol. The van der Waals surface area contributed by atoms with Gasteiger partial charge in [0, 0.05) is 58.1 Å². The van der Waals surface area contributed by atoms with E-state index in [4.69, 9.17) is 4.74 Å². The molecule has 2 aromatic rings. The first-order valence-electron chi connectivity index (χ1n) is 11.1. The van der Waals surface area contributed by atoms with Crippen LogP contribution in [-0.2, 0) is 21.3 Å². The molecule has 0 atom stereocenters. The topological polar surface area (TPSA) is 104 Å². The fourth-order valence-electron chi connectivity index (χ4n) is 3.65. The molecule has 10 heteroatoms. The molecule has 1 aliphatic heterocycles. The maximum atomic E-state index is 12.8. The highest BCUT2D eigenvalue weighted by Gasteiger charge is 2.19. The van der Waals surface area contributed by atoms with E-state index in [2.05, 4.69) is 31.7 Å². The number of amides is 1. The number of hydrogen-bond donors (Lipinski definition) is 2. The van der Waals surface area contributed by atoms with Crippen molar-refractivity contribution in [3.63, 3.8) is 0 Å². The van der Waals surface area contributed by atoms with Gasteiger partial charge in [-0.05, 0) is 42.8 Å². The Balaban J connectivity index is 1.60. The Morgan fingerprint density at radius 2 is 1.91 bits per heavy atom. The van der Waals surface area contributed by atoms with E-state index in [1.807, 2.05) is 12.1 Å². The van der Waals surface area contributed by atoms with E-state index in [9.17, 15) is 13.2 Å². The molecule has 1 aliphatic rings. The van der Waals surface area contributed by atoms with Crippen LogP contribution in [0.3, 0.4) is 0 Å². The number of nitrogens with one attached hydrogen (secondary N) is 2. The molecule has 0 unspecified atom stereocenters. The molecule has 33 heavy (non-hydrogen) atoms. The van der Waals surface area contributed by atoms with E-state index in [1.165, 1.54) is 19.2 Å². The maximum absolute atomic E-state index is 12.8. The van der Waals surface area contributed by atoms with Gasteiger partial charge in [0.15, 0.2) is 0 Å². The van der Waals surface area contributed by atoms with Gasteiger partial charge in [0.05, 0.1) is 11.5 Å². The van der Waals surface area contributed by atoms with Crippen LogP contribution < -0.4 is 14.9 Å². The molecular weight excluding hydrogens is 442 g/mol. The number of aryl methyl sites for hydroxylation is 1. The molecule has 0 spiro atoms. The third-order valence-electron chi connectivity index (χ3n) is 5.77. The van der Waals surface area contributed by atoms with Gasteiger partial charge in [0.1, 0.15) is 5.82 Å². The van der Waals surface area contributed by atoms with Gasteiger partial charge >= 0.3 is 0 Å². The molecule has 180 valence electrons. The van der Waals surface area contributed by atoms with Gasteiger partial charge in [0.25, 0.3) is 5.91 Å². The van der Waals surface area contributed by atoms with Crippen molar-refractivity contribution in [3.05, 3.63) is 53.2 Å². The van der Waals surface area contributed by atoms with Crippen molar-refractivity contribution in [2.75, 3.05) is 57.9 Å². The zero-order valence-corrected chi connectivity index (χ0v) is 20.3. The van der Waals surface area contributed by atoms with Crippen LogP contribution in [0.5, 0.6) is 0 Å². The molecule has 9 nitrogen and oxygen atoms in total. The minimum absolute atomic E-state index is 0.0449. The fraction of sp³-hybridized carbons (Fsp3) is 0.478. The number of piperazine rings is 1. The van der Waals surface area contributed by atoms with Gasteiger partial charge in [-0.25, -0.2) is 18.1 Å². The first-order valence-corrected chi connectivity index (χ1v) is 12.6. The number of benzene rings is 1. The van der Waals surface area contributed by atoms with Crippen molar-refractivity contribution in [2.24, 2.45) is 0 Å². The maximum Gasteiger partial charge on any atom is 0.251 e. The Hall–Kier alpha value is -2.53. The first-order chi connectivity index (χ1) is 15.8. The number of nitrogens with zero attached hydrogens (tertiary/aromatic N) is 3. The molecule has 2 heterocycles. The van der Waals surface area contributed by atoms with Crippen LogP contribution in [0, 0.1) is 6.92 Å². The highest BCUT2D eigenvalue weighted by atomic mass is 32.2. The standard InChI is InChI=1S/C23H33N5O4S/c1-4-27-10-12-28(13-11-27)22-8-6-19(16-24-22)17-25-23(29)21-15-20(7-5-18(21)2)33(30,31)26-9-14-32-3/h5-8,15-16,26H,4,9-14,17H2,1-3H3,(H,25,29). The lowest BCUT2D eigenvalue weighted by molar-refractivity contribution is 0.0950. The van der Waals surface area contributed by atoms with E-state index in [1.54, 1.807) is 19.2 Å². The summed E-state index contributed by atoms with van der Waals surface area (Å²) in [4.78, 5) is 22.1. The Morgan fingerprint density at radius 1 is 1.15 bits per heavy atom. The lowest BCUT2D eigenvalue weighted by Crippen LogP contribution is -2.46. The lowest BCUT2D eigenvalue weighted by atomic mass is 10.1. The van der Waals surface area contributed by atoms with Crippen molar-refractivity contribution in [3.8, 4) is 0 Å². The Labute approximate surface area is 196 Å². The molecule has 0 saturated carbocycles. The number of sulfonamides is 1. The number of carbonyl (C=O) groups is 1. The van der Waals surface area contributed by atoms with Gasteiger partial charge in [0.2, 0.25) is 10.0 Å². The summed E-state index contributed by atoms with van der Waals surface area (Å²) in [6, 6.07) is 8.46. The van der Waals surface area contributed by atoms with Crippen LogP contribution in [-0.4, -0.2) is 77.2 Å². The molecule has 1 aromatic carbocycles. The zero-order valence-electron chi connectivity index (χ0n) is 19.5. The Kier molecular flexibility index (Phi) is 8.79. The van der Waals surface area contributed by atoms with Gasteiger partial charge in [-0.3, -0.25) is 4.79 Å². The second-order valence-corrected chi connectivity index (χ2v) is 9.76. The van der Waals surface area contributed by atoms with E-state index in [0.717, 1.165) is 44.1 Å². The van der Waals surface area contributed by atoms with Crippen LogP contribution in [0.1, 0.15) is 28.4 Å². The molecule has 1 aromatic heterocycles. The van der Waals surface area contributed by atoms with Crippen molar-refractivity contribution in [1.82, 2.24) is 19.9 Å². The monoisotopic (exact) mass is 475 g/mol. The zero-order chi connectivity index (χ0) is 23.8. The molecule has 1 amide bonds. The highest BCUT2D eigenvalue weighted by Crippen LogP contribution is 2.17. The average Bonchev–Trinajstić information content (AvgIpc) is 2.83. The van der Waals surface area contributed by atoms with Crippen molar-refractivity contribution < 1.29 is 17.9 Å². The molecule has 1 saturated heterocycles. The summed E-state index contributed by atoms with van der Waals surface area (Å²) in [5.41, 5.74) is 1.90. The number of likely N-dealkylation sites (N-methyl/N-ethyl adjacent to an activating group) is 1. The molecule has 2 N–H and O–H groups in total. The summed E-state index contributed by atoms with van der Waals surface area (Å²) in [5, 5.41) is 2.87. The number of aromatic nitrogens is 1. The predicted octanol–water partition coefficient (Wildman–Crippen LogP) is 1.39. The second-order valence-electron chi connectivity index (χ2n) is 8.00. The molecule has 0 radical (unpaired) electrons. The number of rotatable bonds is 10.